The highest BCUT2D eigenvalue weighted by Crippen LogP contribution is 2.95. The lowest BCUT2D eigenvalue weighted by Gasteiger charge is -2.26. The molecule has 1 aliphatic heterocycles. The Morgan fingerprint density at radius 2 is 1.52 bits per heavy atom. The molecule has 1 heterocycles. The van der Waals surface area contributed by atoms with Crippen LogP contribution in [-0.4, -0.2) is 24.0 Å². The molecule has 3 aliphatic rings. The molecule has 1 spiro atoms. The Balaban J connectivity index is 1.57. The summed E-state index contributed by atoms with van der Waals surface area (Å²) in [5, 5.41) is 0. The maximum atomic E-state index is 2.72. The van der Waals surface area contributed by atoms with Crippen LogP contribution in [0.25, 0.3) is 0 Å². The molecule has 3 rings (SSSR count). The van der Waals surface area contributed by atoms with E-state index in [0.717, 1.165) is 28.7 Å². The SMILES string of the molecule is CC(C)N1CCCCCCC2C3(CCCC1)CC23C(C)C. The van der Waals surface area contributed by atoms with E-state index in [1.54, 1.807) is 19.3 Å². The van der Waals surface area contributed by atoms with Gasteiger partial charge in [0, 0.05) is 6.04 Å². The van der Waals surface area contributed by atoms with E-state index in [4.69, 9.17) is 0 Å². The summed E-state index contributed by atoms with van der Waals surface area (Å²) >= 11 is 0. The van der Waals surface area contributed by atoms with Gasteiger partial charge in [-0.15, -0.1) is 0 Å². The molecule has 3 fully saturated rings. The van der Waals surface area contributed by atoms with Crippen LogP contribution in [-0.2, 0) is 0 Å². The molecule has 122 valence electrons. The van der Waals surface area contributed by atoms with Crippen LogP contribution >= 0.6 is 0 Å². The van der Waals surface area contributed by atoms with E-state index in [9.17, 15) is 0 Å². The molecule has 0 aromatic rings. The van der Waals surface area contributed by atoms with E-state index in [1.165, 1.54) is 51.6 Å². The first-order chi connectivity index (χ1) is 10.0. The molecule has 21 heavy (non-hydrogen) atoms. The quantitative estimate of drug-likeness (QED) is 0.650. The van der Waals surface area contributed by atoms with Crippen LogP contribution < -0.4 is 0 Å². The predicted molar refractivity (Wildman–Crippen MR) is 91.5 cm³/mol. The minimum atomic E-state index is 0.734. The van der Waals surface area contributed by atoms with Gasteiger partial charge in [-0.25, -0.2) is 0 Å². The van der Waals surface area contributed by atoms with Crippen molar-refractivity contribution in [3.63, 3.8) is 0 Å². The van der Waals surface area contributed by atoms with Crippen LogP contribution in [0, 0.1) is 22.7 Å². The Bertz CT molecular complexity index is 361. The van der Waals surface area contributed by atoms with Crippen LogP contribution in [0.15, 0.2) is 0 Å². The van der Waals surface area contributed by atoms with Gasteiger partial charge in [-0.1, -0.05) is 39.5 Å². The fraction of sp³-hybridized carbons (Fsp3) is 1.00. The summed E-state index contributed by atoms with van der Waals surface area (Å²) in [6.07, 6.45) is 13.4. The summed E-state index contributed by atoms with van der Waals surface area (Å²) in [7, 11) is 0. The molecule has 1 heteroatoms. The average molecular weight is 292 g/mol. The Morgan fingerprint density at radius 3 is 2.19 bits per heavy atom. The third kappa shape index (κ3) is 2.58. The smallest absolute Gasteiger partial charge is 0.00385 e. The van der Waals surface area contributed by atoms with Gasteiger partial charge in [0.25, 0.3) is 0 Å². The minimum absolute atomic E-state index is 0.734. The highest BCUT2D eigenvalue weighted by Gasteiger charge is 2.89. The Kier molecular flexibility index (Phi) is 4.43. The Labute approximate surface area is 132 Å². The van der Waals surface area contributed by atoms with Crippen molar-refractivity contribution < 1.29 is 0 Å². The number of nitrogens with zero attached hydrogens (tertiary/aromatic N) is 1. The number of hydrogen-bond donors (Lipinski definition) is 0. The van der Waals surface area contributed by atoms with Crippen molar-refractivity contribution in [3.05, 3.63) is 0 Å². The van der Waals surface area contributed by atoms with Crippen molar-refractivity contribution >= 4 is 0 Å². The molecule has 3 unspecified atom stereocenters. The van der Waals surface area contributed by atoms with Crippen molar-refractivity contribution in [3.8, 4) is 0 Å². The molecule has 2 saturated carbocycles. The van der Waals surface area contributed by atoms with Crippen LogP contribution in [0.2, 0.25) is 0 Å². The van der Waals surface area contributed by atoms with Crippen LogP contribution in [0.1, 0.15) is 85.5 Å². The summed E-state index contributed by atoms with van der Waals surface area (Å²) in [6, 6.07) is 0.734. The molecule has 0 radical (unpaired) electrons. The zero-order valence-electron chi connectivity index (χ0n) is 15.0. The fourth-order valence-electron chi connectivity index (χ4n) is 6.00. The normalized spacial score (nSPS) is 41.7. The monoisotopic (exact) mass is 291 g/mol. The lowest BCUT2D eigenvalue weighted by atomic mass is 9.89. The summed E-state index contributed by atoms with van der Waals surface area (Å²) in [4.78, 5) is 2.72. The van der Waals surface area contributed by atoms with Gasteiger partial charge in [0.15, 0.2) is 0 Å². The molecule has 2 aliphatic carbocycles. The van der Waals surface area contributed by atoms with E-state index in [2.05, 4.69) is 32.6 Å². The van der Waals surface area contributed by atoms with Gasteiger partial charge in [-0.05, 0) is 81.7 Å². The molecule has 0 amide bonds. The van der Waals surface area contributed by atoms with Crippen LogP contribution in [0.5, 0.6) is 0 Å². The van der Waals surface area contributed by atoms with E-state index in [-0.39, 0.29) is 0 Å². The highest BCUT2D eigenvalue weighted by molar-refractivity contribution is 5.36. The zero-order chi connectivity index (χ0) is 15.1. The number of hydrogen-bond acceptors (Lipinski definition) is 1. The predicted octanol–water partition coefficient (Wildman–Crippen LogP) is 5.49. The number of fused-ring (bicyclic) bond motifs is 1. The molecular weight excluding hydrogens is 254 g/mol. The van der Waals surface area contributed by atoms with Crippen molar-refractivity contribution in [1.29, 1.82) is 0 Å². The van der Waals surface area contributed by atoms with E-state index >= 15 is 0 Å². The molecule has 0 bridgehead atoms. The van der Waals surface area contributed by atoms with Crippen LogP contribution in [0.3, 0.4) is 0 Å². The van der Waals surface area contributed by atoms with Gasteiger partial charge in [0.05, 0.1) is 0 Å². The summed E-state index contributed by atoms with van der Waals surface area (Å²) < 4.78 is 0. The third-order valence-electron chi connectivity index (χ3n) is 7.38. The van der Waals surface area contributed by atoms with Gasteiger partial charge >= 0.3 is 0 Å². The van der Waals surface area contributed by atoms with Gasteiger partial charge in [-0.2, -0.15) is 0 Å². The lowest BCUT2D eigenvalue weighted by Crippen LogP contribution is -2.32. The Morgan fingerprint density at radius 1 is 0.857 bits per heavy atom. The maximum absolute atomic E-state index is 2.72. The number of rotatable bonds is 2. The second kappa shape index (κ2) is 5.87. The molecule has 1 saturated heterocycles. The van der Waals surface area contributed by atoms with Gasteiger partial charge in [0.1, 0.15) is 0 Å². The topological polar surface area (TPSA) is 3.24 Å². The standard InChI is InChI=1S/C20H37N/c1-16(2)20-15-19(20)12-8-10-14-21(17(3)4)13-9-6-5-7-11-18(19)20/h16-18H,5-15H2,1-4H3. The fourth-order valence-corrected chi connectivity index (χ4v) is 6.00. The summed E-state index contributed by atoms with van der Waals surface area (Å²) in [5.74, 6) is 2.05. The van der Waals surface area contributed by atoms with Gasteiger partial charge in [-0.3, -0.25) is 0 Å². The van der Waals surface area contributed by atoms with Crippen molar-refractivity contribution in [1.82, 2.24) is 4.90 Å². The highest BCUT2D eigenvalue weighted by atomic mass is 15.1. The first kappa shape index (κ1) is 15.8. The second-order valence-electron chi connectivity index (χ2n) is 8.87. The molecule has 0 aromatic heterocycles. The first-order valence-corrected chi connectivity index (χ1v) is 9.78. The Hall–Kier alpha value is -0.0400. The molecule has 0 N–H and O–H groups in total. The van der Waals surface area contributed by atoms with Crippen molar-refractivity contribution in [2.24, 2.45) is 22.7 Å². The summed E-state index contributed by atoms with van der Waals surface area (Å²) in [6.45, 7) is 12.4. The molecule has 3 atom stereocenters. The molecular formula is C20H37N. The second-order valence-corrected chi connectivity index (χ2v) is 8.87. The molecule has 1 nitrogen and oxygen atoms in total. The van der Waals surface area contributed by atoms with Gasteiger partial charge in [0.2, 0.25) is 0 Å². The lowest BCUT2D eigenvalue weighted by molar-refractivity contribution is 0.211. The minimum Gasteiger partial charge on any atom is -0.301 e. The van der Waals surface area contributed by atoms with Crippen LogP contribution in [0.4, 0.5) is 0 Å². The van der Waals surface area contributed by atoms with Gasteiger partial charge < -0.3 is 4.90 Å². The largest absolute Gasteiger partial charge is 0.301 e. The zero-order valence-corrected chi connectivity index (χ0v) is 15.0. The third-order valence-corrected chi connectivity index (χ3v) is 7.38. The van der Waals surface area contributed by atoms with E-state index in [0.29, 0.717) is 0 Å². The van der Waals surface area contributed by atoms with E-state index in [1.807, 2.05) is 0 Å². The maximum Gasteiger partial charge on any atom is 0.00385 e. The molecule has 0 aromatic carbocycles. The average Bonchev–Trinajstić information content (AvgIpc) is 3.24. The van der Waals surface area contributed by atoms with E-state index < -0.39 is 0 Å². The van der Waals surface area contributed by atoms with Crippen molar-refractivity contribution in [2.45, 2.75) is 91.5 Å². The first-order valence-electron chi connectivity index (χ1n) is 9.78. The van der Waals surface area contributed by atoms with Crippen molar-refractivity contribution in [2.75, 3.05) is 13.1 Å². The summed E-state index contributed by atoms with van der Waals surface area (Å²) in [5.41, 5.74) is 1.65.